The predicted octanol–water partition coefficient (Wildman–Crippen LogP) is -6.63. The van der Waals surface area contributed by atoms with Crippen LogP contribution in [-0.4, -0.2) is 62.2 Å². The second-order valence-electron chi connectivity index (χ2n) is 1.96. The Kier molecular flexibility index (Phi) is 29.0. The summed E-state index contributed by atoms with van der Waals surface area (Å²) < 4.78 is 35.1. The molecule has 22 heteroatoms. The molecule has 0 unspecified atom stereocenters. The van der Waals surface area contributed by atoms with Gasteiger partial charge in [0.1, 0.15) is 0 Å². The molecule has 0 aliphatic carbocycles. The number of rotatable bonds is 0. The molecule has 0 radical (unpaired) electrons. The Balaban J connectivity index is -0.0000000376. The third kappa shape index (κ3) is 2830. The largest absolute Gasteiger partial charge is 2.00 e. The summed E-state index contributed by atoms with van der Waals surface area (Å²) in [4.78, 5) is 91.7. The third-order valence-corrected chi connectivity index (χ3v) is 0. The van der Waals surface area contributed by atoms with E-state index in [1.165, 1.54) is 0 Å². The Morgan fingerprint density at radius 2 is 0.455 bits per heavy atom. The van der Waals surface area contributed by atoms with E-state index < -0.39 is 31.3 Å². The van der Waals surface area contributed by atoms with Gasteiger partial charge in [0.2, 0.25) is 0 Å². The van der Waals surface area contributed by atoms with Crippen LogP contribution in [0.1, 0.15) is 0 Å². The molecule has 16 nitrogen and oxygen atoms in total. The summed E-state index contributed by atoms with van der Waals surface area (Å²) in [6.07, 6.45) is 0. The molecule has 0 heterocycles. The first-order valence-corrected chi connectivity index (χ1v) is 9.18. The van der Waals surface area contributed by atoms with E-state index >= 15 is 0 Å². The Morgan fingerprint density at radius 1 is 0.455 bits per heavy atom. The molecule has 0 spiro atoms. The SMILES string of the molecule is O=P([O-])(O)O.O=P([O-])(O)O.O=P([O-])(O)O.O=P([O-])(O)O.[Mg+2].[Zn+2]. The molecule has 0 bridgehead atoms. The van der Waals surface area contributed by atoms with Crippen molar-refractivity contribution in [2.24, 2.45) is 0 Å². The van der Waals surface area contributed by atoms with E-state index in [9.17, 15) is 0 Å². The molecule has 0 fully saturated rings. The summed E-state index contributed by atoms with van der Waals surface area (Å²) in [6, 6.07) is 0. The zero-order chi connectivity index (χ0) is 18.0. The first kappa shape index (κ1) is 39.1. The van der Waals surface area contributed by atoms with Gasteiger partial charge in [-0.3, -0.25) is 18.3 Å². The minimum Gasteiger partial charge on any atom is -0.756 e. The van der Waals surface area contributed by atoms with Crippen molar-refractivity contribution >= 4 is 54.3 Å². The van der Waals surface area contributed by atoms with Crippen molar-refractivity contribution in [2.45, 2.75) is 0 Å². The van der Waals surface area contributed by atoms with Gasteiger partial charge in [0, 0.05) is 0 Å². The van der Waals surface area contributed by atoms with Gasteiger partial charge in [-0.25, -0.2) is 0 Å². The van der Waals surface area contributed by atoms with Gasteiger partial charge in [-0.05, 0) is 0 Å². The topological polar surface area (TPSA) is 322 Å². The molecule has 0 aromatic carbocycles. The maximum absolute atomic E-state index is 8.77. The molecule has 0 saturated carbocycles. The van der Waals surface area contributed by atoms with Gasteiger partial charge < -0.3 is 58.7 Å². The fourth-order valence-corrected chi connectivity index (χ4v) is 0. The van der Waals surface area contributed by atoms with E-state index in [4.69, 9.17) is 77.0 Å². The molecular weight excluding hydrogens is 470 g/mol. The van der Waals surface area contributed by atoms with Crippen LogP contribution in [0.25, 0.3) is 0 Å². The van der Waals surface area contributed by atoms with Crippen LogP contribution in [0, 0.1) is 0 Å². The fraction of sp³-hybridized carbons (Fsp3) is 0. The number of hydrogen-bond acceptors (Lipinski definition) is 8. The molecule has 0 atom stereocenters. The third-order valence-electron chi connectivity index (χ3n) is 0. The van der Waals surface area contributed by atoms with Crippen molar-refractivity contribution in [3.8, 4) is 0 Å². The predicted molar refractivity (Wildman–Crippen MR) is 53.9 cm³/mol. The summed E-state index contributed by atoms with van der Waals surface area (Å²) in [7, 11) is -19.6. The van der Waals surface area contributed by atoms with Crippen molar-refractivity contribution in [3.05, 3.63) is 0 Å². The van der Waals surface area contributed by atoms with Gasteiger partial charge in [-0.15, -0.1) is 0 Å². The maximum Gasteiger partial charge on any atom is 2.00 e. The van der Waals surface area contributed by atoms with Crippen LogP contribution in [0.3, 0.4) is 0 Å². The van der Waals surface area contributed by atoms with Gasteiger partial charge in [0.15, 0.2) is 0 Å². The van der Waals surface area contributed by atoms with Gasteiger partial charge in [0.25, 0.3) is 31.3 Å². The molecule has 0 saturated heterocycles. The minimum atomic E-state index is -4.89. The van der Waals surface area contributed by atoms with Gasteiger partial charge in [-0.1, -0.05) is 0 Å². The minimum absolute atomic E-state index is 0. The number of hydrogen-bond donors (Lipinski definition) is 8. The fourth-order valence-electron chi connectivity index (χ4n) is 0. The zero-order valence-corrected chi connectivity index (χ0v) is 18.0. The molecule has 0 aliphatic heterocycles. The molecule has 0 rings (SSSR count). The van der Waals surface area contributed by atoms with Crippen LogP contribution in [0.5, 0.6) is 0 Å². The molecule has 22 heavy (non-hydrogen) atoms. The average molecular weight is 478 g/mol. The summed E-state index contributed by atoms with van der Waals surface area (Å²) in [5.41, 5.74) is 0. The van der Waals surface area contributed by atoms with E-state index in [0.29, 0.717) is 0 Å². The molecule has 8 N–H and O–H groups in total. The van der Waals surface area contributed by atoms with Crippen LogP contribution in [0.15, 0.2) is 0 Å². The summed E-state index contributed by atoms with van der Waals surface area (Å²) in [5.74, 6) is 0. The van der Waals surface area contributed by atoms with Gasteiger partial charge in [0.05, 0.1) is 0 Å². The van der Waals surface area contributed by atoms with E-state index in [1.54, 1.807) is 0 Å². The smallest absolute Gasteiger partial charge is 0.756 e. The van der Waals surface area contributed by atoms with Crippen molar-refractivity contribution < 1.29 is 96.5 Å². The molecule has 0 amide bonds. The van der Waals surface area contributed by atoms with Crippen LogP contribution < -0.4 is 19.6 Å². The van der Waals surface area contributed by atoms with E-state index in [1.807, 2.05) is 0 Å². The van der Waals surface area contributed by atoms with Crippen molar-refractivity contribution in [1.29, 1.82) is 0 Å². The normalized spacial score (nSPS) is 10.7. The van der Waals surface area contributed by atoms with Crippen molar-refractivity contribution in [2.75, 3.05) is 0 Å². The summed E-state index contributed by atoms with van der Waals surface area (Å²) in [5, 5.41) is 0. The second kappa shape index (κ2) is 16.3. The van der Waals surface area contributed by atoms with Gasteiger partial charge >= 0.3 is 42.5 Å². The zero-order valence-electron chi connectivity index (χ0n) is 10.0. The summed E-state index contributed by atoms with van der Waals surface area (Å²) in [6.45, 7) is 0. The Hall–Kier alpha value is 1.83. The monoisotopic (exact) mass is 476 g/mol. The molecule has 0 aromatic heterocycles. The Bertz CT molecular complexity index is 291. The van der Waals surface area contributed by atoms with Crippen molar-refractivity contribution in [3.63, 3.8) is 0 Å². The second-order valence-corrected chi connectivity index (χ2v) is 5.89. The molecular formula is H8MgO16P4Zn. The first-order valence-electron chi connectivity index (χ1n) is 3.06. The van der Waals surface area contributed by atoms with E-state index in [2.05, 4.69) is 0 Å². The standard InChI is InChI=1S/Mg.4H3O4P.Zn/c;4*1-5(2,3)4;/h;4*(H3,1,2,3,4);/q+2;;;;;+2/p-4. The number of phosphoric acid groups is 4. The van der Waals surface area contributed by atoms with Crippen molar-refractivity contribution in [1.82, 2.24) is 0 Å². The van der Waals surface area contributed by atoms with Crippen LogP contribution in [-0.2, 0) is 37.7 Å². The van der Waals surface area contributed by atoms with E-state index in [-0.39, 0.29) is 42.5 Å². The Labute approximate surface area is 150 Å². The average Bonchev–Trinajstić information content (AvgIpc) is 1.62. The van der Waals surface area contributed by atoms with Crippen LogP contribution in [0.2, 0.25) is 0 Å². The van der Waals surface area contributed by atoms with Gasteiger partial charge in [-0.2, -0.15) is 0 Å². The molecule has 0 aromatic rings. The van der Waals surface area contributed by atoms with E-state index in [0.717, 1.165) is 0 Å². The maximum atomic E-state index is 8.77. The first-order chi connectivity index (χ1) is 8.00. The van der Waals surface area contributed by atoms with Crippen LogP contribution >= 0.6 is 31.3 Å². The molecule has 128 valence electrons. The van der Waals surface area contributed by atoms with Crippen LogP contribution in [0.4, 0.5) is 0 Å². The Morgan fingerprint density at radius 3 is 0.455 bits per heavy atom. The summed E-state index contributed by atoms with van der Waals surface area (Å²) >= 11 is 0. The quantitative estimate of drug-likeness (QED) is 0.119. The molecule has 0 aliphatic rings.